The average molecular weight is 808 g/mol. The summed E-state index contributed by atoms with van der Waals surface area (Å²) < 4.78 is 6.40. The Hall–Kier alpha value is -1.91. The second-order valence-corrected chi connectivity index (χ2v) is 15.1. The summed E-state index contributed by atoms with van der Waals surface area (Å²) in [6.07, 6.45) is 0. The second-order valence-electron chi connectivity index (χ2n) is 15.1. The molecule has 3 rings (SSSR count). The van der Waals surface area contributed by atoms with Gasteiger partial charge in [-0.3, -0.25) is 0 Å². The number of benzene rings is 2. The third-order valence-electron chi connectivity index (χ3n) is 8.45. The molecule has 51 heavy (non-hydrogen) atoms. The third kappa shape index (κ3) is 16.8. The first-order valence-electron chi connectivity index (χ1n) is 18.3. The molecule has 9 heteroatoms. The van der Waals surface area contributed by atoms with E-state index < -0.39 is 0 Å². The number of furan rings is 1. The van der Waals surface area contributed by atoms with E-state index in [0.29, 0.717) is 24.2 Å². The summed E-state index contributed by atoms with van der Waals surface area (Å²) in [5, 5.41) is 33.7. The SMILES string of the molecule is CC(C)=C([O-])C(C)C.CC(C)=C([O-])C(C)C.CC(C)N(CC[N-]c1cccc2c1oc1c([N-]CCN(C(C)C)C(C)C)cccc12)C(C)C.[Zn+2].[Zn+2]. The number of fused-ring (bicyclic) bond motifs is 3. The van der Waals surface area contributed by atoms with Gasteiger partial charge in [0, 0.05) is 34.9 Å². The fourth-order valence-corrected chi connectivity index (χ4v) is 5.99. The Labute approximate surface area is 337 Å². The number of nitrogens with zero attached hydrogens (tertiary/aromatic N) is 4. The smallest absolute Gasteiger partial charge is 0.875 e. The minimum atomic E-state index is 0. The molecule has 3 aromatic rings. The molecule has 0 atom stereocenters. The first kappa shape index (κ1) is 51.2. The van der Waals surface area contributed by atoms with Gasteiger partial charge >= 0.3 is 39.0 Å². The molecular formula is C42H68N4O3Zn2. The fraction of sp³-hybridized carbons (Fsp3) is 0.619. The molecule has 0 saturated heterocycles. The van der Waals surface area contributed by atoms with Crippen LogP contribution in [0.25, 0.3) is 32.6 Å². The molecule has 0 unspecified atom stereocenters. The van der Waals surface area contributed by atoms with E-state index in [1.807, 2.05) is 55.4 Å². The van der Waals surface area contributed by atoms with E-state index in [1.165, 1.54) is 0 Å². The van der Waals surface area contributed by atoms with Crippen LogP contribution in [0.4, 0.5) is 11.4 Å². The van der Waals surface area contributed by atoms with E-state index in [2.05, 4.69) is 102 Å². The number of hydrogen-bond donors (Lipinski definition) is 0. The van der Waals surface area contributed by atoms with Gasteiger partial charge in [0.05, 0.1) is 0 Å². The van der Waals surface area contributed by atoms with Gasteiger partial charge in [-0.25, -0.2) is 0 Å². The fourth-order valence-electron chi connectivity index (χ4n) is 5.99. The molecule has 0 N–H and O–H groups in total. The summed E-state index contributed by atoms with van der Waals surface area (Å²) in [5.74, 6) is 0.870. The summed E-state index contributed by atoms with van der Waals surface area (Å²) in [5.41, 5.74) is 5.38. The van der Waals surface area contributed by atoms with E-state index in [0.717, 1.165) is 70.6 Å². The van der Waals surface area contributed by atoms with Crippen molar-refractivity contribution in [3.8, 4) is 0 Å². The second kappa shape index (κ2) is 25.2. The van der Waals surface area contributed by atoms with Crippen LogP contribution in [0.3, 0.4) is 0 Å². The predicted molar refractivity (Wildman–Crippen MR) is 210 cm³/mol. The van der Waals surface area contributed by atoms with Gasteiger partial charge in [-0.1, -0.05) is 86.6 Å². The maximum Gasteiger partial charge on any atom is 2.00 e. The van der Waals surface area contributed by atoms with Gasteiger partial charge in [0.25, 0.3) is 0 Å². The zero-order valence-electron chi connectivity index (χ0n) is 35.2. The van der Waals surface area contributed by atoms with Crippen LogP contribution in [0.2, 0.25) is 0 Å². The van der Waals surface area contributed by atoms with E-state index in [4.69, 9.17) is 15.1 Å². The van der Waals surface area contributed by atoms with Crippen molar-refractivity contribution in [3.63, 3.8) is 0 Å². The Bertz CT molecular complexity index is 1340. The van der Waals surface area contributed by atoms with Gasteiger partial charge in [-0.15, -0.1) is 24.6 Å². The minimum absolute atomic E-state index is 0. The van der Waals surface area contributed by atoms with E-state index in [1.54, 1.807) is 0 Å². The quantitative estimate of drug-likeness (QED) is 0.119. The molecule has 2 aromatic carbocycles. The van der Waals surface area contributed by atoms with Gasteiger partial charge < -0.3 is 35.1 Å². The molecule has 0 aliphatic carbocycles. The van der Waals surface area contributed by atoms with Crippen molar-refractivity contribution in [2.75, 3.05) is 26.2 Å². The first-order chi connectivity index (χ1) is 22.8. The molecule has 0 aliphatic rings. The van der Waals surface area contributed by atoms with Crippen molar-refractivity contribution < 1.29 is 53.6 Å². The van der Waals surface area contributed by atoms with Gasteiger partial charge in [-0.05, 0) is 108 Å². The molecule has 1 aromatic heterocycles. The summed E-state index contributed by atoms with van der Waals surface area (Å²) in [7, 11) is 0. The summed E-state index contributed by atoms with van der Waals surface area (Å²) in [4.78, 5) is 4.94. The van der Waals surface area contributed by atoms with Gasteiger partial charge in [-0.2, -0.15) is 0 Å². The van der Waals surface area contributed by atoms with Crippen LogP contribution >= 0.6 is 0 Å². The topological polar surface area (TPSA) is 93.9 Å². The Morgan fingerprint density at radius 1 is 0.549 bits per heavy atom. The number of rotatable bonds is 14. The monoisotopic (exact) mass is 804 g/mol. The molecule has 0 aliphatic heterocycles. The van der Waals surface area contributed by atoms with E-state index in [-0.39, 0.29) is 62.3 Å². The van der Waals surface area contributed by atoms with Crippen molar-refractivity contribution >= 4 is 33.3 Å². The van der Waals surface area contributed by atoms with Crippen molar-refractivity contribution in [3.05, 3.63) is 69.7 Å². The third-order valence-corrected chi connectivity index (χ3v) is 8.45. The zero-order valence-corrected chi connectivity index (χ0v) is 41.1. The van der Waals surface area contributed by atoms with Crippen molar-refractivity contribution in [1.82, 2.24) is 9.80 Å². The normalized spacial score (nSPS) is 11.1. The zero-order chi connectivity index (χ0) is 37.6. The predicted octanol–water partition coefficient (Wildman–Crippen LogP) is 10.4. The van der Waals surface area contributed by atoms with Crippen LogP contribution < -0.4 is 10.2 Å². The largest absolute Gasteiger partial charge is 2.00 e. The average Bonchev–Trinajstić information content (AvgIpc) is 3.40. The van der Waals surface area contributed by atoms with Crippen LogP contribution in [0.15, 0.2) is 63.5 Å². The molecule has 0 spiro atoms. The molecule has 0 amide bonds. The van der Waals surface area contributed by atoms with Gasteiger partial charge in [0.1, 0.15) is 11.2 Å². The maximum absolute atomic E-state index is 10.8. The summed E-state index contributed by atoms with van der Waals surface area (Å²) in [6, 6.07) is 14.5. The molecule has 278 valence electrons. The molecule has 0 radical (unpaired) electrons. The van der Waals surface area contributed by atoms with Crippen molar-refractivity contribution in [2.45, 2.75) is 135 Å². The molecular weight excluding hydrogens is 739 g/mol. The van der Waals surface area contributed by atoms with Crippen LogP contribution in [-0.4, -0.2) is 60.1 Å². The molecule has 0 saturated carbocycles. The van der Waals surface area contributed by atoms with Gasteiger partial charge in [0.15, 0.2) is 0 Å². The number of hydrogen-bond acceptors (Lipinski definition) is 5. The molecule has 0 bridgehead atoms. The van der Waals surface area contributed by atoms with Crippen LogP contribution in [-0.2, 0) is 39.0 Å². The Morgan fingerprint density at radius 3 is 1.06 bits per heavy atom. The molecule has 7 nitrogen and oxygen atoms in total. The van der Waals surface area contributed by atoms with Crippen molar-refractivity contribution in [2.24, 2.45) is 11.8 Å². The minimum Gasteiger partial charge on any atom is -0.875 e. The van der Waals surface area contributed by atoms with Crippen LogP contribution in [0.5, 0.6) is 0 Å². The Morgan fingerprint density at radius 2 is 0.843 bits per heavy atom. The maximum atomic E-state index is 10.8. The molecule has 1 heterocycles. The number of para-hydroxylation sites is 2. The van der Waals surface area contributed by atoms with Crippen LogP contribution in [0.1, 0.15) is 111 Å². The Balaban J connectivity index is 0. The van der Waals surface area contributed by atoms with Crippen molar-refractivity contribution in [1.29, 1.82) is 0 Å². The standard InChI is InChI=1S/C28H42N4O.2C7H14O.2Zn/c1-19(2)31(20(3)4)17-15-29-25-13-9-11-23-24-12-10-14-26(28(24)33-27(23)25)30-16-18-32(21(5)6)22(7)8;2*1-5(2)7(8)6(3)4;;/h9-14,19-22H,15-18H2,1-8H3;2*5,8H,1-4H3;;/q-2;;;2*+2/p-2. The van der Waals surface area contributed by atoms with Crippen LogP contribution in [0, 0.1) is 11.8 Å². The Kier molecular flexibility index (Phi) is 25.3. The van der Waals surface area contributed by atoms with E-state index >= 15 is 0 Å². The first-order valence-corrected chi connectivity index (χ1v) is 18.3. The number of allylic oxidation sites excluding steroid dienone is 4. The summed E-state index contributed by atoms with van der Waals surface area (Å²) >= 11 is 0. The summed E-state index contributed by atoms with van der Waals surface area (Å²) in [6.45, 7) is 36.4. The van der Waals surface area contributed by atoms with Gasteiger partial charge in [0.2, 0.25) is 0 Å². The molecule has 0 fully saturated rings. The van der Waals surface area contributed by atoms with E-state index in [9.17, 15) is 10.2 Å².